The topological polar surface area (TPSA) is 67.8 Å². The Morgan fingerprint density at radius 1 is 1.86 bits per heavy atom. The van der Waals surface area contributed by atoms with E-state index in [2.05, 4.69) is 12.7 Å². The van der Waals surface area contributed by atoms with Gasteiger partial charge in [-0.25, -0.2) is 0 Å². The average molecular weight is 105 g/mol. The predicted molar refractivity (Wildman–Crippen MR) is 24.1 cm³/mol. The highest BCUT2D eigenvalue weighted by Crippen LogP contribution is 1.54. The lowest BCUT2D eigenvalue weighted by Crippen LogP contribution is -2.49. The van der Waals surface area contributed by atoms with Gasteiger partial charge in [-0.3, -0.25) is 0 Å². The maximum Gasteiger partial charge on any atom is 0.0737 e. The van der Waals surface area contributed by atoms with E-state index in [1.54, 1.807) is 0 Å². The minimum absolute atomic E-state index is 0.500. The van der Waals surface area contributed by atoms with Crippen molar-refractivity contribution in [3.63, 3.8) is 0 Å². The SMILES string of the molecule is CCC[NH3+].O=C[O-]. The van der Waals surface area contributed by atoms with Crippen LogP contribution in [0.15, 0.2) is 0 Å². The van der Waals surface area contributed by atoms with Crippen LogP contribution in [0.5, 0.6) is 0 Å². The summed E-state index contributed by atoms with van der Waals surface area (Å²) in [5.41, 5.74) is 3.60. The van der Waals surface area contributed by atoms with Gasteiger partial charge in [0.05, 0.1) is 6.54 Å². The van der Waals surface area contributed by atoms with Gasteiger partial charge in [0.25, 0.3) is 0 Å². The normalized spacial score (nSPS) is 6.00. The summed E-state index contributed by atoms with van der Waals surface area (Å²) in [4.78, 5) is 8.25. The number of hydrogen-bond acceptors (Lipinski definition) is 2. The van der Waals surface area contributed by atoms with Crippen molar-refractivity contribution < 1.29 is 15.6 Å². The third-order valence-corrected chi connectivity index (χ3v) is 0.354. The summed E-state index contributed by atoms with van der Waals surface area (Å²) < 4.78 is 0. The first kappa shape index (κ1) is 9.66. The Balaban J connectivity index is 0. The number of rotatable bonds is 1. The predicted octanol–water partition coefficient (Wildman–Crippen LogP) is -2.00. The molecule has 0 heterocycles. The molecule has 0 aromatic heterocycles. The van der Waals surface area contributed by atoms with Gasteiger partial charge in [0.15, 0.2) is 0 Å². The summed E-state index contributed by atoms with van der Waals surface area (Å²) in [6, 6.07) is 0. The molecule has 0 bridgehead atoms. The lowest BCUT2D eigenvalue weighted by molar-refractivity contribution is -0.367. The average Bonchev–Trinajstić information content (AvgIpc) is 1.69. The minimum Gasteiger partial charge on any atom is -0.554 e. The Kier molecular flexibility index (Phi) is 24.9. The number of carbonyl (C=O) groups is 1. The molecule has 44 valence electrons. The molecular formula is C4H11NO2. The van der Waals surface area contributed by atoms with Gasteiger partial charge in [0.1, 0.15) is 0 Å². The summed E-state index contributed by atoms with van der Waals surface area (Å²) in [5, 5.41) is 8.25. The lowest BCUT2D eigenvalue weighted by atomic mass is 10.5. The van der Waals surface area contributed by atoms with Gasteiger partial charge in [-0.15, -0.1) is 0 Å². The van der Waals surface area contributed by atoms with E-state index in [1.165, 1.54) is 6.42 Å². The standard InChI is InChI=1S/C3H9N.CH2O2/c1-2-3-4;2-1-3/h2-4H2,1H3;1H,(H,2,3). The van der Waals surface area contributed by atoms with Crippen LogP contribution in [0.1, 0.15) is 13.3 Å². The van der Waals surface area contributed by atoms with Crippen molar-refractivity contribution in [2.75, 3.05) is 6.54 Å². The molecule has 0 rings (SSSR count). The fourth-order valence-corrected chi connectivity index (χ4v) is 0. The molecule has 0 atom stereocenters. The van der Waals surface area contributed by atoms with Crippen molar-refractivity contribution in [1.29, 1.82) is 0 Å². The Morgan fingerprint density at radius 3 is 2.00 bits per heavy atom. The Labute approximate surface area is 43.1 Å². The smallest absolute Gasteiger partial charge is 0.0737 e. The molecule has 0 aliphatic rings. The molecule has 0 saturated heterocycles. The zero-order valence-electron chi connectivity index (χ0n) is 4.52. The Hall–Kier alpha value is -0.570. The second kappa shape index (κ2) is 18.0. The molecule has 0 fully saturated rings. The number of quaternary nitrogens is 1. The van der Waals surface area contributed by atoms with Crippen LogP contribution in [0, 0.1) is 0 Å². The van der Waals surface area contributed by atoms with Crippen molar-refractivity contribution in [3.8, 4) is 0 Å². The summed E-state index contributed by atoms with van der Waals surface area (Å²) in [6.07, 6.45) is 1.21. The van der Waals surface area contributed by atoms with Crippen LogP contribution in [0.2, 0.25) is 0 Å². The van der Waals surface area contributed by atoms with E-state index in [1.807, 2.05) is 0 Å². The molecule has 3 N–H and O–H groups in total. The molecule has 0 saturated carbocycles. The van der Waals surface area contributed by atoms with Crippen LogP contribution in [-0.4, -0.2) is 13.0 Å². The van der Waals surface area contributed by atoms with Crippen LogP contribution < -0.4 is 10.8 Å². The van der Waals surface area contributed by atoms with Crippen molar-refractivity contribution in [3.05, 3.63) is 0 Å². The second-order valence-electron chi connectivity index (χ2n) is 0.950. The molecular weight excluding hydrogens is 94.0 g/mol. The first-order valence-electron chi connectivity index (χ1n) is 2.18. The third-order valence-electron chi connectivity index (χ3n) is 0.354. The molecule has 0 aromatic rings. The largest absolute Gasteiger partial charge is 0.554 e. The number of carboxylic acid groups (broad SMARTS) is 1. The van der Waals surface area contributed by atoms with Gasteiger partial charge < -0.3 is 15.6 Å². The lowest BCUT2D eigenvalue weighted by Gasteiger charge is -1.66. The van der Waals surface area contributed by atoms with E-state index in [-0.39, 0.29) is 0 Å². The zero-order valence-corrected chi connectivity index (χ0v) is 4.52. The van der Waals surface area contributed by atoms with E-state index < -0.39 is 6.47 Å². The van der Waals surface area contributed by atoms with Crippen LogP contribution in [0.25, 0.3) is 0 Å². The van der Waals surface area contributed by atoms with Gasteiger partial charge in [-0.05, 0) is 6.42 Å². The zero-order chi connectivity index (χ0) is 6.12. The van der Waals surface area contributed by atoms with Gasteiger partial charge in [-0.1, -0.05) is 6.92 Å². The van der Waals surface area contributed by atoms with Gasteiger partial charge in [0, 0.05) is 6.47 Å². The molecule has 7 heavy (non-hydrogen) atoms. The maximum absolute atomic E-state index is 8.25. The fraction of sp³-hybridized carbons (Fsp3) is 0.750. The van der Waals surface area contributed by atoms with Crippen LogP contribution in [0.3, 0.4) is 0 Å². The van der Waals surface area contributed by atoms with Crippen LogP contribution in [-0.2, 0) is 4.79 Å². The van der Waals surface area contributed by atoms with Gasteiger partial charge >= 0.3 is 0 Å². The minimum atomic E-state index is -0.500. The van der Waals surface area contributed by atoms with Crippen molar-refractivity contribution in [2.24, 2.45) is 0 Å². The number of hydrogen-bond donors (Lipinski definition) is 1. The third kappa shape index (κ3) is 346. The molecule has 0 radical (unpaired) electrons. The Morgan fingerprint density at radius 2 is 2.00 bits per heavy atom. The van der Waals surface area contributed by atoms with Crippen molar-refractivity contribution in [1.82, 2.24) is 0 Å². The monoisotopic (exact) mass is 105 g/mol. The first-order chi connectivity index (χ1) is 3.33. The van der Waals surface area contributed by atoms with Crippen molar-refractivity contribution >= 4 is 6.47 Å². The highest BCUT2D eigenvalue weighted by Gasteiger charge is 1.59. The summed E-state index contributed by atoms with van der Waals surface area (Å²) >= 11 is 0. The van der Waals surface area contributed by atoms with Crippen LogP contribution >= 0.6 is 0 Å². The van der Waals surface area contributed by atoms with E-state index >= 15 is 0 Å². The summed E-state index contributed by atoms with van der Waals surface area (Å²) in [7, 11) is 0. The number of carbonyl (C=O) groups excluding carboxylic acids is 1. The molecule has 0 amide bonds. The van der Waals surface area contributed by atoms with E-state index in [4.69, 9.17) is 9.90 Å². The molecule has 3 heteroatoms. The van der Waals surface area contributed by atoms with Crippen LogP contribution in [0.4, 0.5) is 0 Å². The van der Waals surface area contributed by atoms with E-state index in [0.717, 1.165) is 6.54 Å². The highest BCUT2D eigenvalue weighted by atomic mass is 16.3. The fourth-order valence-electron chi connectivity index (χ4n) is 0. The second-order valence-corrected chi connectivity index (χ2v) is 0.950. The van der Waals surface area contributed by atoms with Crippen molar-refractivity contribution in [2.45, 2.75) is 13.3 Å². The molecule has 0 spiro atoms. The maximum atomic E-state index is 8.25. The summed E-state index contributed by atoms with van der Waals surface area (Å²) in [5.74, 6) is 0. The van der Waals surface area contributed by atoms with E-state index in [9.17, 15) is 0 Å². The van der Waals surface area contributed by atoms with E-state index in [0.29, 0.717) is 0 Å². The molecule has 0 aromatic carbocycles. The van der Waals surface area contributed by atoms with Gasteiger partial charge in [0.2, 0.25) is 0 Å². The molecule has 0 aliphatic carbocycles. The highest BCUT2D eigenvalue weighted by molar-refractivity contribution is 5.29. The Bertz CT molecular complexity index is 28.9. The summed E-state index contributed by atoms with van der Waals surface area (Å²) in [6.45, 7) is 2.69. The van der Waals surface area contributed by atoms with Gasteiger partial charge in [-0.2, -0.15) is 0 Å². The molecule has 3 nitrogen and oxygen atoms in total. The first-order valence-corrected chi connectivity index (χ1v) is 2.18. The molecule has 0 unspecified atom stereocenters. The quantitative estimate of drug-likeness (QED) is 0.392. The molecule has 0 aliphatic heterocycles.